The Kier molecular flexibility index (Phi) is 30.1. The van der Waals surface area contributed by atoms with Crippen molar-refractivity contribution in [2.45, 2.75) is 154 Å². The SMILES string of the molecule is CCCCCCCCCCCCC(=O)OC[C@@H](O)COC(=O)CCC/C=C\C/C=C\C/C=C\C/C=C\[C@@H](O)CCCC. The van der Waals surface area contributed by atoms with Crippen LogP contribution in [0, 0.1) is 0 Å². The lowest BCUT2D eigenvalue weighted by atomic mass is 10.1. The Balaban J connectivity index is 3.62. The molecular weight excluding hydrogens is 528 g/mol. The third-order valence-corrected chi connectivity index (χ3v) is 6.89. The van der Waals surface area contributed by atoms with Crippen molar-refractivity contribution >= 4 is 11.9 Å². The Morgan fingerprint density at radius 3 is 1.57 bits per heavy atom. The van der Waals surface area contributed by atoms with Gasteiger partial charge in [-0.3, -0.25) is 9.59 Å². The van der Waals surface area contributed by atoms with Crippen LogP contribution in [-0.4, -0.2) is 47.6 Å². The lowest BCUT2D eigenvalue weighted by Gasteiger charge is -2.12. The molecular formula is C36H62O6. The van der Waals surface area contributed by atoms with Crippen molar-refractivity contribution in [2.75, 3.05) is 13.2 Å². The van der Waals surface area contributed by atoms with E-state index in [9.17, 15) is 19.8 Å². The number of hydrogen-bond acceptors (Lipinski definition) is 6. The summed E-state index contributed by atoms with van der Waals surface area (Å²) in [6.45, 7) is 4.06. The number of rotatable bonds is 29. The van der Waals surface area contributed by atoms with Crippen LogP contribution in [0.3, 0.4) is 0 Å². The van der Waals surface area contributed by atoms with Gasteiger partial charge >= 0.3 is 11.9 Å². The van der Waals surface area contributed by atoms with Crippen LogP contribution in [0.1, 0.15) is 142 Å². The van der Waals surface area contributed by atoms with Crippen LogP contribution < -0.4 is 0 Å². The first-order chi connectivity index (χ1) is 20.5. The smallest absolute Gasteiger partial charge is 0.305 e. The number of carbonyl (C=O) groups excluding carboxylic acids is 2. The lowest BCUT2D eigenvalue weighted by Crippen LogP contribution is -2.25. The first kappa shape index (κ1) is 39.8. The Morgan fingerprint density at radius 2 is 1.02 bits per heavy atom. The maximum Gasteiger partial charge on any atom is 0.305 e. The molecule has 6 heteroatoms. The van der Waals surface area contributed by atoms with Gasteiger partial charge in [0.25, 0.3) is 0 Å². The highest BCUT2D eigenvalue weighted by molar-refractivity contribution is 5.69. The number of ether oxygens (including phenoxy) is 2. The number of aliphatic hydroxyl groups is 2. The first-order valence-corrected chi connectivity index (χ1v) is 16.8. The molecule has 0 aliphatic carbocycles. The minimum atomic E-state index is -0.993. The van der Waals surface area contributed by atoms with E-state index in [1.54, 1.807) is 0 Å². The summed E-state index contributed by atoms with van der Waals surface area (Å²) in [7, 11) is 0. The van der Waals surface area contributed by atoms with E-state index in [-0.39, 0.29) is 31.3 Å². The van der Waals surface area contributed by atoms with Gasteiger partial charge in [0.05, 0.1) is 6.10 Å². The van der Waals surface area contributed by atoms with Crippen LogP contribution in [0.25, 0.3) is 0 Å². The van der Waals surface area contributed by atoms with Crippen molar-refractivity contribution in [3.05, 3.63) is 48.6 Å². The molecule has 0 aromatic heterocycles. The van der Waals surface area contributed by atoms with Gasteiger partial charge in [0.1, 0.15) is 19.3 Å². The zero-order valence-corrected chi connectivity index (χ0v) is 26.9. The summed E-state index contributed by atoms with van der Waals surface area (Å²) in [5.74, 6) is -0.656. The Bertz CT molecular complexity index is 739. The average molecular weight is 591 g/mol. The molecule has 242 valence electrons. The van der Waals surface area contributed by atoms with E-state index in [1.165, 1.54) is 44.9 Å². The van der Waals surface area contributed by atoms with Crippen LogP contribution >= 0.6 is 0 Å². The molecule has 2 N–H and O–H groups in total. The average Bonchev–Trinajstić information content (AvgIpc) is 2.98. The second-order valence-corrected chi connectivity index (χ2v) is 11.1. The molecule has 0 amide bonds. The van der Waals surface area contributed by atoms with Crippen LogP contribution in [0.4, 0.5) is 0 Å². The monoisotopic (exact) mass is 590 g/mol. The number of esters is 2. The Morgan fingerprint density at radius 1 is 0.571 bits per heavy atom. The van der Waals surface area contributed by atoms with Gasteiger partial charge in [0.2, 0.25) is 0 Å². The van der Waals surface area contributed by atoms with Gasteiger partial charge in [-0.25, -0.2) is 0 Å². The summed E-state index contributed by atoms with van der Waals surface area (Å²) in [5.41, 5.74) is 0. The highest BCUT2D eigenvalue weighted by Gasteiger charge is 2.11. The summed E-state index contributed by atoms with van der Waals surface area (Å²) < 4.78 is 10.2. The summed E-state index contributed by atoms with van der Waals surface area (Å²) in [6, 6.07) is 0. The fourth-order valence-electron chi connectivity index (χ4n) is 4.27. The minimum Gasteiger partial charge on any atom is -0.463 e. The van der Waals surface area contributed by atoms with Gasteiger partial charge in [0.15, 0.2) is 0 Å². The molecule has 0 fully saturated rings. The van der Waals surface area contributed by atoms with E-state index in [1.807, 2.05) is 12.2 Å². The standard InChI is InChI=1S/C36H62O6/c1-3-5-7-8-9-10-16-19-22-25-29-35(39)41-31-34(38)32-42-36(40)30-26-23-20-17-14-12-11-13-15-18-21-24-28-33(37)27-6-4-2/h11-12,15,17-18,20,24,28,33-34,37-38H,3-10,13-14,16,19,21-23,25-27,29-32H2,1-2H3/b12-11-,18-15-,20-17-,28-24-/t33-,34+/m0/s1. The predicted octanol–water partition coefficient (Wildman–Crippen LogP) is 8.86. The van der Waals surface area contributed by atoms with Gasteiger partial charge < -0.3 is 19.7 Å². The van der Waals surface area contributed by atoms with E-state index in [0.29, 0.717) is 19.3 Å². The molecule has 0 aromatic carbocycles. The summed E-state index contributed by atoms with van der Waals surface area (Å²) in [6.07, 6.45) is 35.0. The van der Waals surface area contributed by atoms with E-state index in [2.05, 4.69) is 50.3 Å². The molecule has 0 aromatic rings. The molecule has 0 radical (unpaired) electrons. The summed E-state index contributed by atoms with van der Waals surface area (Å²) >= 11 is 0. The maximum absolute atomic E-state index is 11.9. The van der Waals surface area contributed by atoms with Gasteiger partial charge in [-0.15, -0.1) is 0 Å². The van der Waals surface area contributed by atoms with Gasteiger partial charge in [-0.2, -0.15) is 0 Å². The second kappa shape index (κ2) is 31.7. The molecule has 42 heavy (non-hydrogen) atoms. The van der Waals surface area contributed by atoms with Crippen LogP contribution in [0.15, 0.2) is 48.6 Å². The number of unbranched alkanes of at least 4 members (excludes halogenated alkanes) is 11. The molecule has 0 aliphatic heterocycles. The topological polar surface area (TPSA) is 93.1 Å². The highest BCUT2D eigenvalue weighted by Crippen LogP contribution is 2.11. The number of aliphatic hydroxyl groups excluding tert-OH is 2. The number of allylic oxidation sites excluding steroid dienone is 7. The molecule has 6 nitrogen and oxygen atoms in total. The summed E-state index contributed by atoms with van der Waals surface area (Å²) in [4.78, 5) is 23.7. The van der Waals surface area contributed by atoms with Crippen LogP contribution in [0.5, 0.6) is 0 Å². The van der Waals surface area contributed by atoms with E-state index >= 15 is 0 Å². The minimum absolute atomic E-state index is 0.143. The molecule has 0 rings (SSSR count). The third kappa shape index (κ3) is 30.8. The molecule has 0 unspecified atom stereocenters. The van der Waals surface area contributed by atoms with Crippen LogP contribution in [0.2, 0.25) is 0 Å². The Hall–Kier alpha value is -2.18. The number of carbonyl (C=O) groups is 2. The van der Waals surface area contributed by atoms with Gasteiger partial charge in [0, 0.05) is 12.8 Å². The highest BCUT2D eigenvalue weighted by atomic mass is 16.6. The van der Waals surface area contributed by atoms with Gasteiger partial charge in [-0.05, 0) is 44.9 Å². The second-order valence-electron chi connectivity index (χ2n) is 11.1. The fraction of sp³-hybridized carbons (Fsp3) is 0.722. The van der Waals surface area contributed by atoms with Crippen molar-refractivity contribution in [1.29, 1.82) is 0 Å². The zero-order chi connectivity index (χ0) is 30.9. The quantitative estimate of drug-likeness (QED) is 0.0513. The molecule has 0 spiro atoms. The van der Waals surface area contributed by atoms with E-state index < -0.39 is 6.10 Å². The number of hydrogen-bond donors (Lipinski definition) is 2. The van der Waals surface area contributed by atoms with E-state index in [0.717, 1.165) is 64.2 Å². The Labute approximate surface area is 257 Å². The molecule has 0 aliphatic rings. The maximum atomic E-state index is 11.9. The lowest BCUT2D eigenvalue weighted by molar-refractivity contribution is -0.152. The largest absolute Gasteiger partial charge is 0.463 e. The van der Waals surface area contributed by atoms with Crippen molar-refractivity contribution in [1.82, 2.24) is 0 Å². The first-order valence-electron chi connectivity index (χ1n) is 16.8. The molecule has 0 bridgehead atoms. The molecule has 0 saturated heterocycles. The van der Waals surface area contributed by atoms with Crippen LogP contribution in [-0.2, 0) is 19.1 Å². The third-order valence-electron chi connectivity index (χ3n) is 6.89. The van der Waals surface area contributed by atoms with Crippen molar-refractivity contribution in [2.24, 2.45) is 0 Å². The zero-order valence-electron chi connectivity index (χ0n) is 26.9. The molecule has 0 heterocycles. The molecule has 2 atom stereocenters. The predicted molar refractivity (Wildman–Crippen MR) is 174 cm³/mol. The van der Waals surface area contributed by atoms with Crippen molar-refractivity contribution in [3.63, 3.8) is 0 Å². The summed E-state index contributed by atoms with van der Waals surface area (Å²) in [5, 5.41) is 19.7. The van der Waals surface area contributed by atoms with Gasteiger partial charge in [-0.1, -0.05) is 133 Å². The fourth-order valence-corrected chi connectivity index (χ4v) is 4.27. The van der Waals surface area contributed by atoms with E-state index in [4.69, 9.17) is 9.47 Å². The van der Waals surface area contributed by atoms with Crippen molar-refractivity contribution in [3.8, 4) is 0 Å². The molecule has 0 saturated carbocycles. The van der Waals surface area contributed by atoms with Crippen molar-refractivity contribution < 1.29 is 29.3 Å². The normalized spacial score (nSPS) is 13.5.